The molecule has 0 bridgehead atoms. The van der Waals surface area contributed by atoms with Gasteiger partial charge >= 0.3 is 0 Å². The van der Waals surface area contributed by atoms with Gasteiger partial charge in [0.05, 0.1) is 12.3 Å². The van der Waals surface area contributed by atoms with Crippen molar-refractivity contribution in [3.8, 4) is 5.75 Å². The quantitative estimate of drug-likeness (QED) is 0.321. The molecule has 33 heavy (non-hydrogen) atoms. The van der Waals surface area contributed by atoms with E-state index in [0.717, 1.165) is 11.1 Å². The normalized spacial score (nSPS) is 14.1. The van der Waals surface area contributed by atoms with Crippen LogP contribution in [-0.2, 0) is 18.0 Å². The molecule has 1 heterocycles. The fourth-order valence-corrected chi connectivity index (χ4v) is 3.43. The van der Waals surface area contributed by atoms with Gasteiger partial charge in [-0.1, -0.05) is 55.2 Å². The Morgan fingerprint density at radius 1 is 1.12 bits per heavy atom. The van der Waals surface area contributed by atoms with E-state index in [4.69, 9.17) is 32.8 Å². The summed E-state index contributed by atoms with van der Waals surface area (Å²) in [5.41, 5.74) is 0.820. The predicted molar refractivity (Wildman–Crippen MR) is 130 cm³/mol. The van der Waals surface area contributed by atoms with Crippen LogP contribution in [0.3, 0.4) is 0 Å². The van der Waals surface area contributed by atoms with Crippen LogP contribution >= 0.6 is 23.2 Å². The lowest BCUT2D eigenvalue weighted by Crippen LogP contribution is -2.51. The maximum absolute atomic E-state index is 11.3. The first-order chi connectivity index (χ1) is 15.6. The Hall–Kier alpha value is -2.61. The first-order valence-corrected chi connectivity index (χ1v) is 11.2. The molecule has 0 saturated carbocycles. The average Bonchev–Trinajstić information content (AvgIpc) is 3.26. The number of hydrogen-bond acceptors (Lipinski definition) is 6. The van der Waals surface area contributed by atoms with Crippen molar-refractivity contribution in [3.05, 3.63) is 76.3 Å². The van der Waals surface area contributed by atoms with Crippen molar-refractivity contribution < 1.29 is 14.7 Å². The number of aromatic nitrogens is 3. The first-order valence-electron chi connectivity index (χ1n) is 10.5. The zero-order chi connectivity index (χ0) is 24.1. The zero-order valence-corrected chi connectivity index (χ0v) is 20.6. The van der Waals surface area contributed by atoms with E-state index in [1.165, 1.54) is 6.33 Å². The van der Waals surface area contributed by atoms with E-state index in [2.05, 4.69) is 15.2 Å². The largest absolute Gasteiger partial charge is 0.490 e. The fraction of sp³-hybridized carbons (Fsp3) is 0.375. The molecule has 0 aliphatic carbocycles. The number of aliphatic hydroxyl groups is 1. The molecule has 176 valence electrons. The maximum Gasteiger partial charge on any atom is 0.143 e. The van der Waals surface area contributed by atoms with Gasteiger partial charge < -0.3 is 14.7 Å². The van der Waals surface area contributed by atoms with Crippen molar-refractivity contribution >= 4 is 28.9 Å². The van der Waals surface area contributed by atoms with Gasteiger partial charge in [-0.15, -0.1) is 0 Å². The SMILES string of the molecule is CC(=NOCc1ccc(Cl)cc1Cl)c1ccc(OCC(O)(Cn2cncn2)C(C)(C)C)cc1. The highest BCUT2D eigenvalue weighted by atomic mass is 35.5. The van der Waals surface area contributed by atoms with Crippen LogP contribution in [0.15, 0.2) is 60.3 Å². The fourth-order valence-electron chi connectivity index (χ4n) is 2.97. The minimum Gasteiger partial charge on any atom is -0.490 e. The molecule has 1 atom stereocenters. The van der Waals surface area contributed by atoms with Gasteiger partial charge in [0.25, 0.3) is 0 Å². The van der Waals surface area contributed by atoms with Crippen molar-refractivity contribution in [3.63, 3.8) is 0 Å². The second-order valence-corrected chi connectivity index (χ2v) is 9.72. The van der Waals surface area contributed by atoms with Crippen LogP contribution in [0.4, 0.5) is 0 Å². The van der Waals surface area contributed by atoms with E-state index >= 15 is 0 Å². The van der Waals surface area contributed by atoms with Gasteiger partial charge in [0, 0.05) is 15.6 Å². The zero-order valence-electron chi connectivity index (χ0n) is 19.1. The van der Waals surface area contributed by atoms with E-state index in [1.54, 1.807) is 23.1 Å². The van der Waals surface area contributed by atoms with Crippen molar-refractivity contribution in [2.45, 2.75) is 46.4 Å². The number of ether oxygens (including phenoxy) is 1. The summed E-state index contributed by atoms with van der Waals surface area (Å²) in [4.78, 5) is 9.39. The molecule has 3 rings (SSSR count). The molecule has 0 saturated heterocycles. The summed E-state index contributed by atoms with van der Waals surface area (Å²) in [6, 6.07) is 12.7. The first kappa shape index (κ1) is 25.0. The van der Waals surface area contributed by atoms with Gasteiger partial charge in [0.15, 0.2) is 0 Å². The highest BCUT2D eigenvalue weighted by molar-refractivity contribution is 6.35. The molecule has 3 aromatic rings. The average molecular weight is 491 g/mol. The van der Waals surface area contributed by atoms with E-state index in [0.29, 0.717) is 21.5 Å². The molecule has 0 aliphatic rings. The van der Waals surface area contributed by atoms with Gasteiger partial charge in [-0.2, -0.15) is 5.10 Å². The summed E-state index contributed by atoms with van der Waals surface area (Å²) in [5.74, 6) is 0.640. The Kier molecular flexibility index (Phi) is 8.00. The number of rotatable bonds is 9. The number of halogens is 2. The molecular formula is C24H28Cl2N4O3. The molecule has 0 amide bonds. The maximum atomic E-state index is 11.3. The smallest absolute Gasteiger partial charge is 0.143 e. The van der Waals surface area contributed by atoms with E-state index in [-0.39, 0.29) is 19.8 Å². The molecule has 0 aliphatic heterocycles. The molecule has 9 heteroatoms. The molecule has 1 aromatic heterocycles. The predicted octanol–water partition coefficient (Wildman–Crippen LogP) is 5.38. The summed E-state index contributed by atoms with van der Waals surface area (Å²) in [5, 5.41) is 20.7. The number of oxime groups is 1. The molecule has 1 N–H and O–H groups in total. The Labute approximate surface area is 203 Å². The van der Waals surface area contributed by atoms with Crippen LogP contribution in [-0.4, -0.2) is 37.8 Å². The van der Waals surface area contributed by atoms with Crippen molar-refractivity contribution in [2.24, 2.45) is 10.6 Å². The third-order valence-electron chi connectivity index (χ3n) is 5.47. The van der Waals surface area contributed by atoms with Crippen LogP contribution in [0.5, 0.6) is 5.75 Å². The summed E-state index contributed by atoms with van der Waals surface area (Å²) in [6.07, 6.45) is 3.02. The third kappa shape index (κ3) is 6.69. The molecule has 0 spiro atoms. The van der Waals surface area contributed by atoms with Gasteiger partial charge in [0.1, 0.15) is 37.2 Å². The lowest BCUT2D eigenvalue weighted by atomic mass is 9.77. The Morgan fingerprint density at radius 2 is 1.85 bits per heavy atom. The Balaban J connectivity index is 1.60. The topological polar surface area (TPSA) is 81.8 Å². The Morgan fingerprint density at radius 3 is 2.45 bits per heavy atom. The molecule has 7 nitrogen and oxygen atoms in total. The van der Waals surface area contributed by atoms with Gasteiger partial charge in [-0.3, -0.25) is 0 Å². The van der Waals surface area contributed by atoms with Crippen molar-refractivity contribution in [2.75, 3.05) is 6.61 Å². The summed E-state index contributed by atoms with van der Waals surface area (Å²) < 4.78 is 7.54. The number of benzene rings is 2. The summed E-state index contributed by atoms with van der Waals surface area (Å²) >= 11 is 12.1. The second kappa shape index (κ2) is 10.5. The summed E-state index contributed by atoms with van der Waals surface area (Å²) in [6.45, 7) is 8.37. The highest BCUT2D eigenvalue weighted by Crippen LogP contribution is 2.32. The van der Waals surface area contributed by atoms with Crippen molar-refractivity contribution in [1.82, 2.24) is 14.8 Å². The highest BCUT2D eigenvalue weighted by Gasteiger charge is 2.41. The minimum atomic E-state index is -1.15. The van der Waals surface area contributed by atoms with E-state index in [1.807, 2.05) is 58.0 Å². The second-order valence-electron chi connectivity index (χ2n) is 8.87. The number of hydrogen-bond donors (Lipinski definition) is 1. The lowest BCUT2D eigenvalue weighted by Gasteiger charge is -2.39. The monoisotopic (exact) mass is 490 g/mol. The Bertz CT molecular complexity index is 1080. The molecule has 2 aromatic carbocycles. The van der Waals surface area contributed by atoms with Gasteiger partial charge in [0.2, 0.25) is 0 Å². The van der Waals surface area contributed by atoms with E-state index in [9.17, 15) is 5.11 Å². The van der Waals surface area contributed by atoms with Crippen molar-refractivity contribution in [1.29, 1.82) is 0 Å². The van der Waals surface area contributed by atoms with Crippen LogP contribution in [0.1, 0.15) is 38.8 Å². The third-order valence-corrected chi connectivity index (χ3v) is 6.06. The van der Waals surface area contributed by atoms with Crippen LogP contribution in [0.2, 0.25) is 10.0 Å². The molecular weight excluding hydrogens is 463 g/mol. The van der Waals surface area contributed by atoms with Gasteiger partial charge in [-0.25, -0.2) is 9.67 Å². The van der Waals surface area contributed by atoms with Crippen LogP contribution in [0, 0.1) is 5.41 Å². The lowest BCUT2D eigenvalue weighted by molar-refractivity contribution is -0.101. The van der Waals surface area contributed by atoms with E-state index < -0.39 is 11.0 Å². The van der Waals surface area contributed by atoms with Gasteiger partial charge in [-0.05, 0) is 54.3 Å². The standard InChI is InChI=1S/C24H28Cl2N4O3/c1-17(29-33-12-19-5-8-20(25)11-22(19)26)18-6-9-21(10-7-18)32-14-24(31,23(2,3)4)13-30-16-27-15-28-30/h5-11,15-16,31H,12-14H2,1-4H3. The van der Waals surface area contributed by atoms with Crippen LogP contribution < -0.4 is 4.74 Å². The minimum absolute atomic E-state index is 0.105. The number of nitrogens with zero attached hydrogens (tertiary/aromatic N) is 4. The molecule has 0 fully saturated rings. The van der Waals surface area contributed by atoms with Crippen LogP contribution in [0.25, 0.3) is 0 Å². The molecule has 0 radical (unpaired) electrons. The molecule has 1 unspecified atom stereocenters. The summed E-state index contributed by atoms with van der Waals surface area (Å²) in [7, 11) is 0.